The van der Waals surface area contributed by atoms with Crippen LogP contribution >= 0.6 is 27.7 Å². The predicted molar refractivity (Wildman–Crippen MR) is 78.3 cm³/mol. The lowest BCUT2D eigenvalue weighted by Crippen LogP contribution is -2.40. The van der Waals surface area contributed by atoms with Crippen molar-refractivity contribution in [2.75, 3.05) is 11.9 Å². The van der Waals surface area contributed by atoms with Crippen LogP contribution in [0.25, 0.3) is 0 Å². The number of carbonyl (C=O) groups is 1. The summed E-state index contributed by atoms with van der Waals surface area (Å²) >= 11 is 5.19. The van der Waals surface area contributed by atoms with Gasteiger partial charge in [0.1, 0.15) is 0 Å². The molecule has 3 rings (SSSR count). The van der Waals surface area contributed by atoms with Crippen molar-refractivity contribution in [3.63, 3.8) is 0 Å². The lowest BCUT2D eigenvalue weighted by molar-refractivity contribution is -0.130. The van der Waals surface area contributed by atoms with E-state index in [0.717, 1.165) is 18.3 Å². The zero-order chi connectivity index (χ0) is 12.5. The van der Waals surface area contributed by atoms with Gasteiger partial charge in [-0.15, -0.1) is 11.8 Å². The van der Waals surface area contributed by atoms with Gasteiger partial charge >= 0.3 is 0 Å². The van der Waals surface area contributed by atoms with E-state index >= 15 is 0 Å². The van der Waals surface area contributed by atoms with Gasteiger partial charge in [0.05, 0.1) is 5.25 Å². The molecule has 0 bridgehead atoms. The molecule has 0 saturated heterocycles. The highest BCUT2D eigenvalue weighted by molar-refractivity contribution is 9.09. The van der Waals surface area contributed by atoms with E-state index in [1.54, 1.807) is 11.8 Å². The van der Waals surface area contributed by atoms with Crippen LogP contribution in [0.15, 0.2) is 29.2 Å². The maximum atomic E-state index is 12.6. The number of benzene rings is 1. The zero-order valence-electron chi connectivity index (χ0n) is 10.1. The van der Waals surface area contributed by atoms with Crippen molar-refractivity contribution in [1.29, 1.82) is 0 Å². The Kier molecular flexibility index (Phi) is 3.66. The summed E-state index contributed by atoms with van der Waals surface area (Å²) in [6.07, 6.45) is 3.26. The Bertz CT molecular complexity index is 436. The number of thioether (sulfide) groups is 1. The number of halogens is 1. The van der Waals surface area contributed by atoms with Crippen LogP contribution in [0.5, 0.6) is 0 Å². The van der Waals surface area contributed by atoms with Gasteiger partial charge in [-0.1, -0.05) is 34.1 Å². The molecule has 0 N–H and O–H groups in total. The number of rotatable bonds is 4. The van der Waals surface area contributed by atoms with Crippen molar-refractivity contribution in [2.45, 2.75) is 35.4 Å². The summed E-state index contributed by atoms with van der Waals surface area (Å²) < 4.78 is 0. The molecule has 0 radical (unpaired) electrons. The van der Waals surface area contributed by atoms with E-state index in [9.17, 15) is 4.79 Å². The normalized spacial score (nSPS) is 21.7. The molecular weight excluding hydrogens is 310 g/mol. The molecule has 1 fully saturated rings. The van der Waals surface area contributed by atoms with Crippen LogP contribution in [0.4, 0.5) is 0 Å². The standard InChI is InChI=1S/C14H16BrNOS/c15-7-8-16(11-5-6-11)14(17)13-9-10-3-1-2-4-12(10)18-13/h1-4,11,13H,5-9H2. The topological polar surface area (TPSA) is 20.3 Å². The van der Waals surface area contributed by atoms with Crippen molar-refractivity contribution < 1.29 is 4.79 Å². The molecule has 18 heavy (non-hydrogen) atoms. The molecule has 0 spiro atoms. The minimum absolute atomic E-state index is 0.0991. The fraction of sp³-hybridized carbons (Fsp3) is 0.500. The van der Waals surface area contributed by atoms with Crippen molar-refractivity contribution in [3.8, 4) is 0 Å². The van der Waals surface area contributed by atoms with Crippen LogP contribution in [0.1, 0.15) is 18.4 Å². The Morgan fingerprint density at radius 2 is 2.17 bits per heavy atom. The van der Waals surface area contributed by atoms with Crippen LogP contribution in [0, 0.1) is 0 Å². The van der Waals surface area contributed by atoms with Crippen LogP contribution < -0.4 is 0 Å². The van der Waals surface area contributed by atoms with Crippen molar-refractivity contribution >= 4 is 33.6 Å². The average molecular weight is 326 g/mol. The van der Waals surface area contributed by atoms with E-state index in [2.05, 4.69) is 45.1 Å². The van der Waals surface area contributed by atoms with Gasteiger partial charge in [-0.3, -0.25) is 4.79 Å². The first-order valence-corrected chi connectivity index (χ1v) is 8.40. The summed E-state index contributed by atoms with van der Waals surface area (Å²) in [7, 11) is 0. The van der Waals surface area contributed by atoms with Crippen LogP contribution in [0.3, 0.4) is 0 Å². The van der Waals surface area contributed by atoms with Crippen molar-refractivity contribution in [1.82, 2.24) is 4.90 Å². The quantitative estimate of drug-likeness (QED) is 0.793. The average Bonchev–Trinajstić information content (AvgIpc) is 3.13. The third kappa shape index (κ3) is 2.45. The van der Waals surface area contributed by atoms with Gasteiger partial charge in [-0.05, 0) is 30.9 Å². The number of hydrogen-bond donors (Lipinski definition) is 0. The summed E-state index contributed by atoms with van der Waals surface area (Å²) in [4.78, 5) is 15.9. The number of fused-ring (bicyclic) bond motifs is 1. The number of hydrogen-bond acceptors (Lipinski definition) is 2. The Labute approximate surface area is 120 Å². The second-order valence-corrected chi connectivity index (χ2v) is 6.91. The molecule has 2 nitrogen and oxygen atoms in total. The molecule has 1 amide bonds. The Morgan fingerprint density at radius 1 is 1.39 bits per heavy atom. The van der Waals surface area contributed by atoms with Crippen molar-refractivity contribution in [2.24, 2.45) is 0 Å². The summed E-state index contributed by atoms with van der Waals surface area (Å²) in [5, 5.41) is 0.974. The van der Waals surface area contributed by atoms with Gasteiger partial charge in [0, 0.05) is 22.8 Å². The van der Waals surface area contributed by atoms with E-state index < -0.39 is 0 Å². The Morgan fingerprint density at radius 3 is 2.83 bits per heavy atom. The van der Waals surface area contributed by atoms with Crippen LogP contribution in [0.2, 0.25) is 0 Å². The van der Waals surface area contributed by atoms with E-state index in [0.29, 0.717) is 11.9 Å². The van der Waals surface area contributed by atoms with Gasteiger partial charge in [-0.2, -0.15) is 0 Å². The van der Waals surface area contributed by atoms with Gasteiger partial charge in [-0.25, -0.2) is 0 Å². The first kappa shape index (κ1) is 12.5. The summed E-state index contributed by atoms with van der Waals surface area (Å²) in [5.74, 6) is 0.332. The lowest BCUT2D eigenvalue weighted by atomic mass is 10.1. The molecule has 1 unspecified atom stereocenters. The molecule has 1 aromatic carbocycles. The zero-order valence-corrected chi connectivity index (χ0v) is 12.5. The molecule has 2 aliphatic rings. The molecule has 1 saturated carbocycles. The maximum Gasteiger partial charge on any atom is 0.236 e. The highest BCUT2D eigenvalue weighted by Crippen LogP contribution is 2.39. The lowest BCUT2D eigenvalue weighted by Gasteiger charge is -2.24. The Balaban J connectivity index is 1.71. The fourth-order valence-corrected chi connectivity index (χ4v) is 4.10. The number of nitrogens with zero attached hydrogens (tertiary/aromatic N) is 1. The number of amides is 1. The van der Waals surface area contributed by atoms with E-state index in [1.165, 1.54) is 23.3 Å². The highest BCUT2D eigenvalue weighted by atomic mass is 79.9. The second kappa shape index (κ2) is 5.25. The third-order valence-corrected chi connectivity index (χ3v) is 5.18. The Hall–Kier alpha value is -0.480. The van der Waals surface area contributed by atoms with Gasteiger partial charge in [0.15, 0.2) is 0 Å². The molecule has 1 atom stereocenters. The number of carbonyl (C=O) groups excluding carboxylic acids is 1. The molecule has 1 heterocycles. The summed E-state index contributed by atoms with van der Waals surface area (Å²) in [6.45, 7) is 0.844. The van der Waals surface area contributed by atoms with E-state index in [1.807, 2.05) is 0 Å². The largest absolute Gasteiger partial charge is 0.338 e. The molecule has 1 aromatic rings. The van der Waals surface area contributed by atoms with Crippen LogP contribution in [-0.4, -0.2) is 34.0 Å². The predicted octanol–water partition coefficient (Wildman–Crippen LogP) is 3.09. The van der Waals surface area contributed by atoms with Crippen LogP contribution in [-0.2, 0) is 11.2 Å². The molecule has 1 aliphatic carbocycles. The first-order valence-electron chi connectivity index (χ1n) is 6.40. The smallest absolute Gasteiger partial charge is 0.236 e. The monoisotopic (exact) mass is 325 g/mol. The molecule has 96 valence electrons. The van der Waals surface area contributed by atoms with Gasteiger partial charge in [0.2, 0.25) is 5.91 Å². The summed E-state index contributed by atoms with van der Waals surface area (Å²) in [5.41, 5.74) is 1.33. The SMILES string of the molecule is O=C(C1Cc2ccccc2S1)N(CCBr)C1CC1. The molecule has 0 aromatic heterocycles. The molecular formula is C14H16BrNOS. The third-order valence-electron chi connectivity index (χ3n) is 3.52. The second-order valence-electron chi connectivity index (χ2n) is 4.87. The van der Waals surface area contributed by atoms with Crippen molar-refractivity contribution in [3.05, 3.63) is 29.8 Å². The van der Waals surface area contributed by atoms with E-state index in [-0.39, 0.29) is 5.25 Å². The van der Waals surface area contributed by atoms with Gasteiger partial charge in [0.25, 0.3) is 0 Å². The fourth-order valence-electron chi connectivity index (χ4n) is 2.45. The van der Waals surface area contributed by atoms with E-state index in [4.69, 9.17) is 0 Å². The van der Waals surface area contributed by atoms with Gasteiger partial charge < -0.3 is 4.90 Å². The summed E-state index contributed by atoms with van der Waals surface area (Å²) in [6, 6.07) is 8.89. The minimum Gasteiger partial charge on any atom is -0.338 e. The molecule has 1 aliphatic heterocycles. The number of alkyl halides is 1. The minimum atomic E-state index is 0.0991. The highest BCUT2D eigenvalue weighted by Gasteiger charge is 2.37. The first-order chi connectivity index (χ1) is 8.79. The maximum absolute atomic E-state index is 12.6. The molecule has 4 heteroatoms.